The number of ether oxygens (including phenoxy) is 2. The van der Waals surface area contributed by atoms with Crippen molar-refractivity contribution >= 4 is 17.0 Å². The lowest BCUT2D eigenvalue weighted by molar-refractivity contribution is -0.143. The van der Waals surface area contributed by atoms with Gasteiger partial charge in [-0.25, -0.2) is 0 Å². The molecule has 0 unspecified atom stereocenters. The zero-order valence-corrected chi connectivity index (χ0v) is 17.6. The quantitative estimate of drug-likeness (QED) is 0.618. The fourth-order valence-corrected chi connectivity index (χ4v) is 3.32. The van der Waals surface area contributed by atoms with Gasteiger partial charge in [0.2, 0.25) is 5.62 Å². The van der Waals surface area contributed by atoms with Crippen LogP contribution >= 0.6 is 0 Å². The zero-order chi connectivity index (χ0) is 21.0. The Balaban J connectivity index is 1.76. The first-order valence-electron chi connectivity index (χ1n) is 9.93. The van der Waals surface area contributed by atoms with Crippen molar-refractivity contribution < 1.29 is 14.3 Å². The highest BCUT2D eigenvalue weighted by molar-refractivity contribution is 5.78. The number of hydrogen-bond acceptors (Lipinski definition) is 4. The molecule has 0 saturated carbocycles. The molecule has 0 spiro atoms. The van der Waals surface area contributed by atoms with Gasteiger partial charge in [0, 0.05) is 0 Å². The summed E-state index contributed by atoms with van der Waals surface area (Å²) in [5.74, 6) is 0.462. The highest BCUT2D eigenvalue weighted by Crippen LogP contribution is 2.24. The third-order valence-corrected chi connectivity index (χ3v) is 4.87. The van der Waals surface area contributed by atoms with Crippen LogP contribution in [0.5, 0.6) is 5.75 Å². The molecular formula is C23H29N3O3. The molecule has 154 valence electrons. The number of para-hydroxylation sites is 2. The van der Waals surface area contributed by atoms with Gasteiger partial charge in [0.15, 0.2) is 0 Å². The van der Waals surface area contributed by atoms with Crippen LogP contribution in [0.2, 0.25) is 0 Å². The molecule has 1 heterocycles. The highest BCUT2D eigenvalue weighted by Gasteiger charge is 2.15. The van der Waals surface area contributed by atoms with Crippen molar-refractivity contribution in [3.05, 3.63) is 59.7 Å². The molecule has 2 aromatic carbocycles. The van der Waals surface area contributed by atoms with Gasteiger partial charge in [-0.3, -0.25) is 14.8 Å². The number of nitrogens with one attached hydrogen (secondary N) is 1. The van der Waals surface area contributed by atoms with E-state index < -0.39 is 0 Å². The fourth-order valence-electron chi connectivity index (χ4n) is 3.32. The van der Waals surface area contributed by atoms with Crippen molar-refractivity contribution in [1.29, 1.82) is 5.41 Å². The van der Waals surface area contributed by atoms with Gasteiger partial charge in [-0.15, -0.1) is 0 Å². The number of benzene rings is 2. The van der Waals surface area contributed by atoms with Crippen LogP contribution in [0.4, 0.5) is 0 Å². The van der Waals surface area contributed by atoms with Crippen LogP contribution in [0.15, 0.2) is 48.5 Å². The summed E-state index contributed by atoms with van der Waals surface area (Å²) < 4.78 is 14.5. The minimum absolute atomic E-state index is 0.0231. The van der Waals surface area contributed by atoms with E-state index in [0.29, 0.717) is 19.8 Å². The number of imidazole rings is 1. The predicted octanol–water partition coefficient (Wildman–Crippen LogP) is 3.86. The molecule has 0 aliphatic rings. The molecule has 3 aromatic rings. The smallest absolute Gasteiger partial charge is 0.326 e. The van der Waals surface area contributed by atoms with Gasteiger partial charge < -0.3 is 14.0 Å². The molecule has 0 amide bonds. The van der Waals surface area contributed by atoms with Crippen molar-refractivity contribution in [2.75, 3.05) is 13.2 Å². The molecule has 1 aromatic heterocycles. The van der Waals surface area contributed by atoms with E-state index in [1.165, 1.54) is 5.56 Å². The van der Waals surface area contributed by atoms with E-state index in [2.05, 4.69) is 32.9 Å². The minimum Gasteiger partial charge on any atom is -0.492 e. The van der Waals surface area contributed by atoms with Crippen LogP contribution in [0.1, 0.15) is 33.3 Å². The topological polar surface area (TPSA) is 69.2 Å². The third-order valence-electron chi connectivity index (χ3n) is 4.87. The lowest BCUT2D eigenvalue weighted by atomic mass is 9.87. The lowest BCUT2D eigenvalue weighted by Crippen LogP contribution is -2.29. The maximum absolute atomic E-state index is 12.0. The summed E-state index contributed by atoms with van der Waals surface area (Å²) in [5.41, 5.74) is 3.35. The predicted molar refractivity (Wildman–Crippen MR) is 113 cm³/mol. The largest absolute Gasteiger partial charge is 0.492 e. The SMILES string of the molecule is CCOC(=O)Cn1c(=N)n(CCOc2ccc(C(C)(C)C)cc2)c2ccccc21. The van der Waals surface area contributed by atoms with Crippen LogP contribution < -0.4 is 10.4 Å². The summed E-state index contributed by atoms with van der Waals surface area (Å²) in [6.07, 6.45) is 0. The van der Waals surface area contributed by atoms with Crippen molar-refractivity contribution in [1.82, 2.24) is 9.13 Å². The third kappa shape index (κ3) is 4.70. The second-order valence-corrected chi connectivity index (χ2v) is 7.98. The van der Waals surface area contributed by atoms with Gasteiger partial charge in [-0.1, -0.05) is 45.0 Å². The summed E-state index contributed by atoms with van der Waals surface area (Å²) in [7, 11) is 0. The van der Waals surface area contributed by atoms with Crippen LogP contribution in [0.25, 0.3) is 11.0 Å². The molecular weight excluding hydrogens is 366 g/mol. The normalized spacial score (nSPS) is 11.6. The Hall–Kier alpha value is -3.02. The van der Waals surface area contributed by atoms with Crippen molar-refractivity contribution in [2.45, 2.75) is 46.2 Å². The monoisotopic (exact) mass is 395 g/mol. The van der Waals surface area contributed by atoms with E-state index in [4.69, 9.17) is 14.9 Å². The number of hydrogen-bond donors (Lipinski definition) is 1. The summed E-state index contributed by atoms with van der Waals surface area (Å²) in [4.78, 5) is 12.0. The number of fused-ring (bicyclic) bond motifs is 1. The van der Waals surface area contributed by atoms with Gasteiger partial charge in [-0.2, -0.15) is 0 Å². The Labute approximate surface area is 171 Å². The molecule has 6 nitrogen and oxygen atoms in total. The van der Waals surface area contributed by atoms with Crippen LogP contribution in [0, 0.1) is 5.41 Å². The van der Waals surface area contributed by atoms with Crippen LogP contribution in [-0.2, 0) is 28.0 Å². The van der Waals surface area contributed by atoms with Crippen molar-refractivity contribution in [3.63, 3.8) is 0 Å². The second kappa shape index (κ2) is 8.55. The van der Waals surface area contributed by atoms with Gasteiger partial charge in [0.25, 0.3) is 0 Å². The van der Waals surface area contributed by atoms with E-state index in [0.717, 1.165) is 16.8 Å². The van der Waals surface area contributed by atoms with Crippen LogP contribution in [-0.4, -0.2) is 28.3 Å². The molecule has 0 saturated heterocycles. The Bertz CT molecular complexity index is 1040. The highest BCUT2D eigenvalue weighted by atomic mass is 16.5. The molecule has 1 N–H and O–H groups in total. The number of rotatable bonds is 7. The maximum Gasteiger partial charge on any atom is 0.326 e. The summed E-state index contributed by atoms with van der Waals surface area (Å²) in [6.45, 7) is 9.61. The van der Waals surface area contributed by atoms with Crippen LogP contribution in [0.3, 0.4) is 0 Å². The molecule has 6 heteroatoms. The average molecular weight is 396 g/mol. The molecule has 0 aliphatic heterocycles. The number of carbonyl (C=O) groups excluding carboxylic acids is 1. The van der Waals surface area contributed by atoms with E-state index in [1.807, 2.05) is 41.0 Å². The zero-order valence-electron chi connectivity index (χ0n) is 17.6. The number of carbonyl (C=O) groups is 1. The maximum atomic E-state index is 12.0. The van der Waals surface area contributed by atoms with E-state index in [-0.39, 0.29) is 23.5 Å². The standard InChI is InChI=1S/C23H29N3O3/c1-5-28-21(27)16-26-20-9-7-6-8-19(20)25(22(26)24)14-15-29-18-12-10-17(11-13-18)23(2,3)4/h6-13,24H,5,14-16H2,1-4H3. The molecule has 0 aliphatic carbocycles. The molecule has 0 fully saturated rings. The number of nitrogens with zero attached hydrogens (tertiary/aromatic N) is 2. The Kier molecular flexibility index (Phi) is 6.11. The Morgan fingerprint density at radius 1 is 1.00 bits per heavy atom. The van der Waals surface area contributed by atoms with E-state index in [9.17, 15) is 4.79 Å². The Morgan fingerprint density at radius 3 is 2.21 bits per heavy atom. The second-order valence-electron chi connectivity index (χ2n) is 7.98. The molecule has 0 radical (unpaired) electrons. The van der Waals surface area contributed by atoms with Gasteiger partial charge in [-0.05, 0) is 42.2 Å². The first-order chi connectivity index (χ1) is 13.8. The van der Waals surface area contributed by atoms with Gasteiger partial charge >= 0.3 is 5.97 Å². The fraction of sp³-hybridized carbons (Fsp3) is 0.391. The molecule has 29 heavy (non-hydrogen) atoms. The van der Waals surface area contributed by atoms with Crippen molar-refractivity contribution in [3.8, 4) is 5.75 Å². The molecule has 3 rings (SSSR count). The Morgan fingerprint density at radius 2 is 1.62 bits per heavy atom. The minimum atomic E-state index is -0.343. The molecule has 0 atom stereocenters. The average Bonchev–Trinajstić information content (AvgIpc) is 2.94. The van der Waals surface area contributed by atoms with E-state index >= 15 is 0 Å². The summed E-state index contributed by atoms with van der Waals surface area (Å²) in [6, 6.07) is 15.8. The van der Waals surface area contributed by atoms with Crippen molar-refractivity contribution in [2.24, 2.45) is 0 Å². The van der Waals surface area contributed by atoms with Gasteiger partial charge in [0.1, 0.15) is 18.9 Å². The first-order valence-corrected chi connectivity index (χ1v) is 9.93. The van der Waals surface area contributed by atoms with Gasteiger partial charge in [0.05, 0.1) is 24.2 Å². The number of esters is 1. The van der Waals surface area contributed by atoms with E-state index in [1.54, 1.807) is 11.5 Å². The summed E-state index contributed by atoms with van der Waals surface area (Å²) in [5, 5.41) is 8.54. The lowest BCUT2D eigenvalue weighted by Gasteiger charge is -2.19. The number of aromatic nitrogens is 2. The summed E-state index contributed by atoms with van der Waals surface area (Å²) >= 11 is 0. The first kappa shape index (κ1) is 20.7. The molecule has 0 bridgehead atoms.